The summed E-state index contributed by atoms with van der Waals surface area (Å²) in [6.45, 7) is 1.69. The van der Waals surface area contributed by atoms with Crippen molar-refractivity contribution < 1.29 is 14.3 Å². The lowest BCUT2D eigenvalue weighted by molar-refractivity contribution is 0.0721. The Balaban J connectivity index is 1.58. The molecule has 2 heterocycles. The van der Waals surface area contributed by atoms with E-state index in [0.29, 0.717) is 31.0 Å². The van der Waals surface area contributed by atoms with Crippen molar-refractivity contribution in [2.24, 2.45) is 7.05 Å². The molecule has 0 saturated heterocycles. The van der Waals surface area contributed by atoms with Gasteiger partial charge in [0.2, 0.25) is 0 Å². The largest absolute Gasteiger partial charge is 0.493 e. The number of imidazole rings is 1. The molecule has 3 aromatic rings. The summed E-state index contributed by atoms with van der Waals surface area (Å²) >= 11 is 0. The molecule has 1 aliphatic rings. The summed E-state index contributed by atoms with van der Waals surface area (Å²) in [5.41, 5.74) is 2.61. The zero-order valence-corrected chi connectivity index (χ0v) is 16.1. The van der Waals surface area contributed by atoms with Gasteiger partial charge in [-0.25, -0.2) is 4.98 Å². The molecule has 144 valence electrons. The molecule has 0 radical (unpaired) electrons. The molecule has 1 aliphatic heterocycles. The molecule has 0 N–H and O–H groups in total. The number of nitrogens with zero attached hydrogens (tertiary/aromatic N) is 3. The number of hydrogen-bond donors (Lipinski definition) is 0. The van der Waals surface area contributed by atoms with Crippen LogP contribution in [0.15, 0.2) is 54.9 Å². The predicted molar refractivity (Wildman–Crippen MR) is 106 cm³/mol. The van der Waals surface area contributed by atoms with Gasteiger partial charge in [0.05, 0.1) is 13.7 Å². The van der Waals surface area contributed by atoms with Crippen LogP contribution in [0.1, 0.15) is 22.3 Å². The monoisotopic (exact) mass is 377 g/mol. The molecule has 6 nitrogen and oxygen atoms in total. The number of para-hydroxylation sites is 1. The lowest BCUT2D eigenvalue weighted by atomic mass is 10.1. The molecular formula is C22H23N3O3. The highest BCUT2D eigenvalue weighted by Crippen LogP contribution is 2.33. The number of hydrogen-bond acceptors (Lipinski definition) is 4. The Bertz CT molecular complexity index is 979. The highest BCUT2D eigenvalue weighted by Gasteiger charge is 2.22. The number of ether oxygens (including phenoxy) is 2. The van der Waals surface area contributed by atoms with Gasteiger partial charge in [0.1, 0.15) is 5.82 Å². The Hall–Kier alpha value is -3.28. The smallest absolute Gasteiger partial charge is 0.254 e. The molecule has 0 aliphatic carbocycles. The molecule has 4 rings (SSSR count). The number of aryl methyl sites for hydroxylation is 1. The molecular weight excluding hydrogens is 354 g/mol. The third-order valence-corrected chi connectivity index (χ3v) is 4.96. The molecule has 2 aromatic carbocycles. The zero-order valence-electron chi connectivity index (χ0n) is 16.1. The average Bonchev–Trinajstić information content (AvgIpc) is 3.13. The number of rotatable bonds is 3. The van der Waals surface area contributed by atoms with Gasteiger partial charge in [0.25, 0.3) is 5.91 Å². The maximum atomic E-state index is 13.1. The van der Waals surface area contributed by atoms with E-state index in [9.17, 15) is 4.79 Å². The lowest BCUT2D eigenvalue weighted by Crippen LogP contribution is -2.33. The fourth-order valence-electron chi connectivity index (χ4n) is 3.49. The van der Waals surface area contributed by atoms with E-state index >= 15 is 0 Å². The quantitative estimate of drug-likeness (QED) is 0.701. The summed E-state index contributed by atoms with van der Waals surface area (Å²) in [7, 11) is 3.58. The molecule has 1 amide bonds. The van der Waals surface area contributed by atoms with E-state index in [1.807, 2.05) is 65.2 Å². The molecule has 0 atom stereocenters. The van der Waals surface area contributed by atoms with Crippen molar-refractivity contribution in [2.45, 2.75) is 13.0 Å². The van der Waals surface area contributed by atoms with Crippen molar-refractivity contribution in [3.05, 3.63) is 66.0 Å². The van der Waals surface area contributed by atoms with Crippen molar-refractivity contribution in [1.29, 1.82) is 0 Å². The number of carbonyl (C=O) groups excluding carboxylic acids is 1. The van der Waals surface area contributed by atoms with E-state index in [-0.39, 0.29) is 5.91 Å². The van der Waals surface area contributed by atoms with Crippen molar-refractivity contribution in [2.75, 3.05) is 20.3 Å². The summed E-state index contributed by atoms with van der Waals surface area (Å²) in [4.78, 5) is 19.4. The van der Waals surface area contributed by atoms with Crippen LogP contribution in [-0.4, -0.2) is 40.6 Å². The second-order valence-electron chi connectivity index (χ2n) is 6.82. The first-order valence-electron chi connectivity index (χ1n) is 9.33. The van der Waals surface area contributed by atoms with Crippen LogP contribution in [0, 0.1) is 0 Å². The fraction of sp³-hybridized carbons (Fsp3) is 0.273. The van der Waals surface area contributed by atoms with Gasteiger partial charge in [0, 0.05) is 49.2 Å². The summed E-state index contributed by atoms with van der Waals surface area (Å²) in [5, 5.41) is 0. The van der Waals surface area contributed by atoms with Gasteiger partial charge in [-0.05, 0) is 24.6 Å². The van der Waals surface area contributed by atoms with Crippen molar-refractivity contribution >= 4 is 5.91 Å². The molecule has 1 aromatic heterocycles. The van der Waals surface area contributed by atoms with E-state index in [0.717, 1.165) is 29.1 Å². The van der Waals surface area contributed by atoms with Crippen LogP contribution in [0.5, 0.6) is 11.5 Å². The Morgan fingerprint density at radius 3 is 2.71 bits per heavy atom. The maximum Gasteiger partial charge on any atom is 0.254 e. The van der Waals surface area contributed by atoms with Crippen LogP contribution in [0.3, 0.4) is 0 Å². The summed E-state index contributed by atoms with van der Waals surface area (Å²) < 4.78 is 13.2. The highest BCUT2D eigenvalue weighted by atomic mass is 16.5. The number of methoxy groups -OCH3 is 1. The molecule has 0 saturated carbocycles. The number of aromatic nitrogens is 2. The van der Waals surface area contributed by atoms with E-state index in [4.69, 9.17) is 9.47 Å². The van der Waals surface area contributed by atoms with Crippen molar-refractivity contribution in [1.82, 2.24) is 14.5 Å². The van der Waals surface area contributed by atoms with E-state index < -0.39 is 0 Å². The molecule has 6 heteroatoms. The minimum Gasteiger partial charge on any atom is -0.493 e. The Morgan fingerprint density at radius 1 is 1.18 bits per heavy atom. The predicted octanol–water partition coefficient (Wildman–Crippen LogP) is 3.52. The Kier molecular flexibility index (Phi) is 5.02. The van der Waals surface area contributed by atoms with Gasteiger partial charge in [-0.2, -0.15) is 0 Å². The first-order valence-corrected chi connectivity index (χ1v) is 9.33. The summed E-state index contributed by atoms with van der Waals surface area (Å²) in [6, 6.07) is 13.4. The number of amides is 1. The lowest BCUT2D eigenvalue weighted by Gasteiger charge is -2.27. The van der Waals surface area contributed by atoms with Crippen molar-refractivity contribution in [3.8, 4) is 22.9 Å². The minimum absolute atomic E-state index is 0.0158. The van der Waals surface area contributed by atoms with Crippen LogP contribution >= 0.6 is 0 Å². The third-order valence-electron chi connectivity index (χ3n) is 4.96. The van der Waals surface area contributed by atoms with Gasteiger partial charge in [0.15, 0.2) is 11.5 Å². The van der Waals surface area contributed by atoms with Crippen LogP contribution in [0.2, 0.25) is 0 Å². The average molecular weight is 377 g/mol. The molecule has 0 unspecified atom stereocenters. The van der Waals surface area contributed by atoms with Crippen LogP contribution in [0.25, 0.3) is 11.4 Å². The molecule has 28 heavy (non-hydrogen) atoms. The zero-order chi connectivity index (χ0) is 19.5. The van der Waals surface area contributed by atoms with Gasteiger partial charge in [-0.1, -0.05) is 24.3 Å². The number of carbonyl (C=O) groups is 1. The van der Waals surface area contributed by atoms with Gasteiger partial charge < -0.3 is 18.9 Å². The van der Waals surface area contributed by atoms with Gasteiger partial charge in [-0.15, -0.1) is 0 Å². The minimum atomic E-state index is 0.0158. The van der Waals surface area contributed by atoms with Gasteiger partial charge >= 0.3 is 0 Å². The second-order valence-corrected chi connectivity index (χ2v) is 6.82. The molecule has 0 fully saturated rings. The van der Waals surface area contributed by atoms with E-state index in [2.05, 4.69) is 4.98 Å². The molecule has 0 spiro atoms. The number of benzene rings is 2. The van der Waals surface area contributed by atoms with E-state index in [1.54, 1.807) is 13.3 Å². The normalized spacial score (nSPS) is 13.9. The SMILES string of the molecule is COc1cccc2c1OCCCN(C(=O)c1ccc(-c3nccn3C)cc1)C2. The fourth-order valence-corrected chi connectivity index (χ4v) is 3.49. The topological polar surface area (TPSA) is 56.6 Å². The van der Waals surface area contributed by atoms with Crippen molar-refractivity contribution in [3.63, 3.8) is 0 Å². The highest BCUT2D eigenvalue weighted by molar-refractivity contribution is 5.94. The van der Waals surface area contributed by atoms with E-state index in [1.165, 1.54) is 0 Å². The van der Waals surface area contributed by atoms with Crippen LogP contribution < -0.4 is 9.47 Å². The second kappa shape index (κ2) is 7.76. The molecule has 0 bridgehead atoms. The maximum absolute atomic E-state index is 13.1. The first-order chi connectivity index (χ1) is 13.7. The third kappa shape index (κ3) is 3.45. The summed E-state index contributed by atoms with van der Waals surface area (Å²) in [5.74, 6) is 2.32. The summed E-state index contributed by atoms with van der Waals surface area (Å²) in [6.07, 6.45) is 4.44. The van der Waals surface area contributed by atoms with Crippen LogP contribution in [-0.2, 0) is 13.6 Å². The Labute approximate surface area is 164 Å². The number of fused-ring (bicyclic) bond motifs is 1. The van der Waals surface area contributed by atoms with Gasteiger partial charge in [-0.3, -0.25) is 4.79 Å². The van der Waals surface area contributed by atoms with Crippen LogP contribution in [0.4, 0.5) is 0 Å². The standard InChI is InChI=1S/C22H23N3O3/c1-24-13-11-23-21(24)16-7-9-17(10-8-16)22(26)25-12-4-14-28-20-18(15-25)5-3-6-19(20)27-2/h3,5-11,13H,4,12,14-15H2,1-2H3. The Morgan fingerprint density at radius 2 is 2.00 bits per heavy atom. The first kappa shape index (κ1) is 18.1.